The van der Waals surface area contributed by atoms with Gasteiger partial charge in [-0.05, 0) is 64.8 Å². The number of rotatable bonds is 1. The van der Waals surface area contributed by atoms with Crippen LogP contribution in [0.4, 0.5) is 0 Å². The minimum Gasteiger partial charge on any atom is -0.332 e. The third-order valence-corrected chi connectivity index (χ3v) is 6.43. The molecule has 134 valence electrons. The van der Waals surface area contributed by atoms with Crippen molar-refractivity contribution in [2.45, 2.75) is 57.5 Å². The van der Waals surface area contributed by atoms with E-state index in [4.69, 9.17) is 0 Å². The summed E-state index contributed by atoms with van der Waals surface area (Å²) in [6.07, 6.45) is 9.59. The van der Waals surface area contributed by atoms with Gasteiger partial charge in [0.15, 0.2) is 0 Å². The number of likely N-dealkylation sites (tertiary alicyclic amines) is 2. The van der Waals surface area contributed by atoms with Crippen LogP contribution >= 0.6 is 0 Å². The number of amides is 1. The Labute approximate surface area is 149 Å². The number of aromatic nitrogens is 2. The van der Waals surface area contributed by atoms with E-state index in [2.05, 4.69) is 28.8 Å². The van der Waals surface area contributed by atoms with Crippen LogP contribution in [0.3, 0.4) is 0 Å². The number of piperidine rings is 1. The molecule has 0 saturated carbocycles. The lowest BCUT2D eigenvalue weighted by Crippen LogP contribution is -2.63. The van der Waals surface area contributed by atoms with Crippen LogP contribution in [0.25, 0.3) is 5.65 Å². The predicted molar refractivity (Wildman–Crippen MR) is 98.9 cm³/mol. The van der Waals surface area contributed by atoms with E-state index in [0.717, 1.165) is 37.1 Å². The van der Waals surface area contributed by atoms with Crippen LogP contribution in [-0.2, 0) is 0 Å². The maximum atomic E-state index is 13.3. The summed E-state index contributed by atoms with van der Waals surface area (Å²) in [4.78, 5) is 22.6. The fraction of sp³-hybridized carbons (Fsp3) is 0.600. The van der Waals surface area contributed by atoms with Crippen molar-refractivity contribution in [3.05, 3.63) is 35.8 Å². The molecule has 0 radical (unpaired) electrons. The molecule has 0 spiro atoms. The first-order valence-electron chi connectivity index (χ1n) is 9.47. The van der Waals surface area contributed by atoms with Crippen LogP contribution in [0.1, 0.15) is 55.1 Å². The van der Waals surface area contributed by atoms with Crippen molar-refractivity contribution in [1.29, 1.82) is 0 Å². The lowest BCUT2D eigenvalue weighted by Gasteiger charge is -2.51. The second-order valence-electron chi connectivity index (χ2n) is 7.94. The summed E-state index contributed by atoms with van der Waals surface area (Å²) in [5, 5.41) is 0. The Hall–Kier alpha value is -1.88. The number of carbonyl (C=O) groups is 1. The molecule has 0 aliphatic carbocycles. The van der Waals surface area contributed by atoms with Gasteiger partial charge >= 0.3 is 0 Å². The van der Waals surface area contributed by atoms with E-state index in [1.165, 1.54) is 19.3 Å². The molecule has 2 aromatic rings. The zero-order chi connectivity index (χ0) is 17.6. The maximum absolute atomic E-state index is 13.3. The molecule has 2 aliphatic heterocycles. The highest BCUT2D eigenvalue weighted by atomic mass is 16.2. The molecule has 2 aliphatic rings. The number of likely N-dealkylation sites (N-methyl/N-ethyl adjacent to an activating group) is 1. The maximum Gasteiger partial charge on any atom is 0.274 e. The molecule has 4 rings (SSSR count). The summed E-state index contributed by atoms with van der Waals surface area (Å²) < 4.78 is 1.96. The van der Waals surface area contributed by atoms with E-state index in [1.807, 2.05) is 35.9 Å². The summed E-state index contributed by atoms with van der Waals surface area (Å²) in [7, 11) is 2.22. The number of carbonyl (C=O) groups excluding carboxylic acids is 1. The van der Waals surface area contributed by atoms with Crippen LogP contribution in [0.5, 0.6) is 0 Å². The van der Waals surface area contributed by atoms with Gasteiger partial charge in [-0.25, -0.2) is 4.98 Å². The number of pyridine rings is 1. The molecule has 0 bridgehead atoms. The highest BCUT2D eigenvalue weighted by Crippen LogP contribution is 2.38. The number of nitrogens with zero attached hydrogens (tertiary/aromatic N) is 4. The third-order valence-electron chi connectivity index (χ3n) is 6.43. The number of hydrogen-bond donors (Lipinski definition) is 0. The van der Waals surface area contributed by atoms with Crippen LogP contribution in [0.2, 0.25) is 0 Å². The normalized spacial score (nSPS) is 28.0. The molecule has 0 aromatic carbocycles. The van der Waals surface area contributed by atoms with Gasteiger partial charge in [0.1, 0.15) is 11.3 Å². The van der Waals surface area contributed by atoms with E-state index in [0.29, 0.717) is 5.69 Å². The quantitative estimate of drug-likeness (QED) is 0.801. The van der Waals surface area contributed by atoms with Crippen LogP contribution in [-0.4, -0.2) is 56.8 Å². The van der Waals surface area contributed by atoms with Crippen LogP contribution in [0, 0.1) is 6.92 Å². The summed E-state index contributed by atoms with van der Waals surface area (Å²) in [5.74, 6) is 0.0920. The fourth-order valence-electron chi connectivity index (χ4n) is 4.77. The van der Waals surface area contributed by atoms with E-state index in [1.54, 1.807) is 0 Å². The molecular formula is C20H28N4O. The minimum absolute atomic E-state index is 0.0828. The van der Waals surface area contributed by atoms with Crippen LogP contribution < -0.4 is 0 Å². The summed E-state index contributed by atoms with van der Waals surface area (Å²) >= 11 is 0. The van der Waals surface area contributed by atoms with Gasteiger partial charge in [0.25, 0.3) is 5.91 Å². The third kappa shape index (κ3) is 2.65. The van der Waals surface area contributed by atoms with Gasteiger partial charge in [0.05, 0.1) is 6.04 Å². The molecule has 2 aromatic heterocycles. The first kappa shape index (κ1) is 16.6. The Bertz CT molecular complexity index is 798. The van der Waals surface area contributed by atoms with Crippen molar-refractivity contribution < 1.29 is 4.79 Å². The zero-order valence-electron chi connectivity index (χ0n) is 15.5. The van der Waals surface area contributed by atoms with Crippen molar-refractivity contribution in [3.63, 3.8) is 0 Å². The molecule has 25 heavy (non-hydrogen) atoms. The summed E-state index contributed by atoms with van der Waals surface area (Å²) in [5.41, 5.74) is 2.63. The van der Waals surface area contributed by atoms with E-state index < -0.39 is 0 Å². The van der Waals surface area contributed by atoms with Gasteiger partial charge in [-0.2, -0.15) is 0 Å². The van der Waals surface area contributed by atoms with Gasteiger partial charge in [0, 0.05) is 24.5 Å². The monoisotopic (exact) mass is 340 g/mol. The Balaban J connectivity index is 1.69. The van der Waals surface area contributed by atoms with Gasteiger partial charge in [-0.15, -0.1) is 0 Å². The Kier molecular flexibility index (Phi) is 4.07. The second kappa shape index (κ2) is 6.13. The average molecular weight is 340 g/mol. The molecule has 0 unspecified atom stereocenters. The number of aryl methyl sites for hydroxylation is 1. The van der Waals surface area contributed by atoms with Crippen molar-refractivity contribution in [1.82, 2.24) is 19.2 Å². The van der Waals surface area contributed by atoms with Gasteiger partial charge in [0.2, 0.25) is 0 Å². The fourth-order valence-corrected chi connectivity index (χ4v) is 4.77. The molecule has 2 saturated heterocycles. The molecule has 1 amide bonds. The summed E-state index contributed by atoms with van der Waals surface area (Å²) in [6.45, 7) is 6.35. The van der Waals surface area contributed by atoms with Crippen molar-refractivity contribution in [2.75, 3.05) is 20.1 Å². The molecule has 0 N–H and O–H groups in total. The van der Waals surface area contributed by atoms with E-state index in [9.17, 15) is 4.79 Å². The van der Waals surface area contributed by atoms with E-state index >= 15 is 0 Å². The average Bonchev–Trinajstić information content (AvgIpc) is 2.98. The highest BCUT2D eigenvalue weighted by Gasteiger charge is 2.46. The molecule has 5 heteroatoms. The Morgan fingerprint density at radius 2 is 2.12 bits per heavy atom. The topological polar surface area (TPSA) is 40.9 Å². The van der Waals surface area contributed by atoms with Gasteiger partial charge < -0.3 is 9.30 Å². The zero-order valence-corrected chi connectivity index (χ0v) is 15.5. The van der Waals surface area contributed by atoms with E-state index in [-0.39, 0.29) is 17.5 Å². The number of imidazole rings is 1. The Morgan fingerprint density at radius 1 is 1.28 bits per heavy atom. The molecular weight excluding hydrogens is 312 g/mol. The largest absolute Gasteiger partial charge is 0.332 e. The lowest BCUT2D eigenvalue weighted by atomic mass is 9.80. The van der Waals surface area contributed by atoms with Crippen molar-refractivity contribution in [3.8, 4) is 0 Å². The first-order chi connectivity index (χ1) is 12.0. The number of fused-ring (bicyclic) bond motifs is 2. The Morgan fingerprint density at radius 3 is 2.92 bits per heavy atom. The number of hydrogen-bond acceptors (Lipinski definition) is 3. The second-order valence-corrected chi connectivity index (χ2v) is 7.94. The van der Waals surface area contributed by atoms with Gasteiger partial charge in [-0.1, -0.05) is 12.5 Å². The minimum atomic E-state index is 0.0828. The first-order valence-corrected chi connectivity index (χ1v) is 9.47. The molecule has 4 heterocycles. The van der Waals surface area contributed by atoms with Crippen molar-refractivity contribution in [2.24, 2.45) is 0 Å². The van der Waals surface area contributed by atoms with Gasteiger partial charge in [-0.3, -0.25) is 9.69 Å². The summed E-state index contributed by atoms with van der Waals surface area (Å²) in [6, 6.07) is 4.32. The standard InChI is InChI=1S/C20H28N4O/c1-15-8-6-12-23-14-16(21-18(15)23)19(25)24-13-7-10-20(2)17(24)9-4-5-11-22(20)3/h6,8,12,14,17H,4-5,7,9-11,13H2,1-3H3/t17-,20-/m0/s1. The highest BCUT2D eigenvalue weighted by molar-refractivity contribution is 5.93. The predicted octanol–water partition coefficient (Wildman–Crippen LogP) is 3.12. The SMILES string of the molecule is Cc1cccn2cc(C(=O)N3CCC[C@@]4(C)[C@@H]3CCCCN4C)nc12. The lowest BCUT2D eigenvalue weighted by molar-refractivity contribution is -0.00362. The smallest absolute Gasteiger partial charge is 0.274 e. The molecule has 2 atom stereocenters. The van der Waals surface area contributed by atoms with Crippen LogP contribution in [0.15, 0.2) is 24.5 Å². The van der Waals surface area contributed by atoms with Crippen molar-refractivity contribution >= 4 is 11.6 Å². The molecule has 5 nitrogen and oxygen atoms in total. The molecule has 2 fully saturated rings.